The average Bonchev–Trinajstić information content (AvgIpc) is 2.59. The van der Waals surface area contributed by atoms with Gasteiger partial charge in [-0.1, -0.05) is 30.3 Å². The number of carboxylic acid groups (broad SMARTS) is 1. The first kappa shape index (κ1) is 20.4. The molecule has 0 unspecified atom stereocenters. The second-order valence-corrected chi connectivity index (χ2v) is 5.70. The summed E-state index contributed by atoms with van der Waals surface area (Å²) in [6, 6.07) is 12.1. The summed E-state index contributed by atoms with van der Waals surface area (Å²) in [4.78, 5) is 30.9. The van der Waals surface area contributed by atoms with Crippen molar-refractivity contribution in [3.63, 3.8) is 0 Å². The molecule has 134 valence electrons. The van der Waals surface area contributed by atoms with Crippen LogP contribution in [0.5, 0.6) is 0 Å². The Balaban J connectivity index is 0.00000312. The van der Waals surface area contributed by atoms with Crippen LogP contribution in [0.15, 0.2) is 54.9 Å². The van der Waals surface area contributed by atoms with Gasteiger partial charge in [-0.15, -0.1) is 12.4 Å². The number of likely N-dealkylation sites (N-methyl/N-ethyl adjacent to an activating group) is 1. The van der Waals surface area contributed by atoms with Gasteiger partial charge in [0, 0.05) is 39.5 Å². The third kappa shape index (κ3) is 5.76. The highest BCUT2D eigenvalue weighted by molar-refractivity contribution is 5.85. The van der Waals surface area contributed by atoms with Crippen molar-refractivity contribution in [1.82, 2.24) is 14.8 Å². The van der Waals surface area contributed by atoms with Crippen LogP contribution < -0.4 is 0 Å². The second kappa shape index (κ2) is 9.64. The molecule has 1 aromatic heterocycles. The number of hydrogen-bond acceptors (Lipinski definition) is 3. The highest BCUT2D eigenvalue weighted by Crippen LogP contribution is 2.15. The number of carbonyl (C=O) groups is 2. The highest BCUT2D eigenvalue weighted by atomic mass is 35.5. The molecule has 0 saturated carbocycles. The van der Waals surface area contributed by atoms with E-state index in [0.717, 1.165) is 11.1 Å². The largest absolute Gasteiger partial charge is 0.465 e. The molecule has 6 nitrogen and oxygen atoms in total. The summed E-state index contributed by atoms with van der Waals surface area (Å²) in [6.45, 7) is 0.134. The number of benzene rings is 1. The zero-order chi connectivity index (χ0) is 17.5. The fraction of sp³-hybridized carbons (Fsp3) is 0.278. The summed E-state index contributed by atoms with van der Waals surface area (Å²) in [7, 11) is 3.26. The van der Waals surface area contributed by atoms with Crippen LogP contribution in [0.2, 0.25) is 0 Å². The van der Waals surface area contributed by atoms with Gasteiger partial charge in [0.15, 0.2) is 0 Å². The zero-order valence-corrected chi connectivity index (χ0v) is 15.0. The SMILES string of the molecule is CN(C)C(=O)[C@H](Cc1ccccc1)N(Cc1ccncc1)C(=O)O.Cl. The Kier molecular flexibility index (Phi) is 7.88. The first-order valence-corrected chi connectivity index (χ1v) is 7.62. The lowest BCUT2D eigenvalue weighted by molar-refractivity contribution is -0.134. The van der Waals surface area contributed by atoms with Crippen molar-refractivity contribution < 1.29 is 14.7 Å². The molecular formula is C18H22ClN3O3. The molecule has 0 fully saturated rings. The van der Waals surface area contributed by atoms with E-state index < -0.39 is 12.1 Å². The lowest BCUT2D eigenvalue weighted by atomic mass is 10.0. The smallest absolute Gasteiger partial charge is 0.408 e. The maximum atomic E-state index is 12.6. The van der Waals surface area contributed by atoms with E-state index in [0.29, 0.717) is 6.42 Å². The second-order valence-electron chi connectivity index (χ2n) is 5.70. The summed E-state index contributed by atoms with van der Waals surface area (Å²) in [6.07, 6.45) is 2.42. The molecule has 0 aliphatic carbocycles. The third-order valence-electron chi connectivity index (χ3n) is 3.72. The quantitative estimate of drug-likeness (QED) is 0.856. The molecule has 0 radical (unpaired) electrons. The van der Waals surface area contributed by atoms with Crippen molar-refractivity contribution in [3.8, 4) is 0 Å². The first-order chi connectivity index (χ1) is 11.5. The van der Waals surface area contributed by atoms with Gasteiger partial charge in [0.1, 0.15) is 6.04 Å². The van der Waals surface area contributed by atoms with Crippen molar-refractivity contribution >= 4 is 24.4 Å². The molecule has 0 aliphatic heterocycles. The minimum absolute atomic E-state index is 0. The molecule has 1 N–H and O–H groups in total. The van der Waals surface area contributed by atoms with Gasteiger partial charge < -0.3 is 10.0 Å². The van der Waals surface area contributed by atoms with Crippen LogP contribution in [0.25, 0.3) is 0 Å². The maximum absolute atomic E-state index is 12.6. The molecule has 25 heavy (non-hydrogen) atoms. The van der Waals surface area contributed by atoms with E-state index in [-0.39, 0.29) is 24.9 Å². The summed E-state index contributed by atoms with van der Waals surface area (Å²) in [5.74, 6) is -0.240. The fourth-order valence-electron chi connectivity index (χ4n) is 2.46. The molecule has 2 amide bonds. The first-order valence-electron chi connectivity index (χ1n) is 7.62. The van der Waals surface area contributed by atoms with E-state index in [9.17, 15) is 14.7 Å². The van der Waals surface area contributed by atoms with Crippen LogP contribution in [0.3, 0.4) is 0 Å². The number of aromatic nitrogens is 1. The molecule has 1 aromatic carbocycles. The van der Waals surface area contributed by atoms with E-state index in [1.165, 1.54) is 9.80 Å². The van der Waals surface area contributed by atoms with Gasteiger partial charge in [0.25, 0.3) is 0 Å². The molecule has 0 spiro atoms. The van der Waals surface area contributed by atoms with Gasteiger partial charge >= 0.3 is 6.09 Å². The predicted octanol–water partition coefficient (Wildman–Crippen LogP) is 2.68. The summed E-state index contributed by atoms with van der Waals surface area (Å²) >= 11 is 0. The van der Waals surface area contributed by atoms with Gasteiger partial charge in [-0.25, -0.2) is 4.79 Å². The van der Waals surface area contributed by atoms with Crippen molar-refractivity contribution in [2.24, 2.45) is 0 Å². The van der Waals surface area contributed by atoms with Crippen LogP contribution >= 0.6 is 12.4 Å². The standard InChI is InChI=1S/C18H21N3O3.ClH/c1-20(2)17(22)16(12-14-6-4-3-5-7-14)21(18(23)24)13-15-8-10-19-11-9-15;/h3-11,16H,12-13H2,1-2H3,(H,23,24);1H/t16-;/m0./s1. The molecular weight excluding hydrogens is 342 g/mol. The number of hydrogen-bond donors (Lipinski definition) is 1. The fourth-order valence-corrected chi connectivity index (χ4v) is 2.46. The van der Waals surface area contributed by atoms with E-state index >= 15 is 0 Å². The molecule has 7 heteroatoms. The average molecular weight is 364 g/mol. The Bertz CT molecular complexity index is 680. The van der Waals surface area contributed by atoms with Gasteiger partial charge in [-0.3, -0.25) is 14.7 Å². The summed E-state index contributed by atoms with van der Waals surface area (Å²) in [5, 5.41) is 9.65. The molecule has 0 bridgehead atoms. The molecule has 0 aliphatic rings. The minimum Gasteiger partial charge on any atom is -0.465 e. The molecule has 0 saturated heterocycles. The van der Waals surface area contributed by atoms with Crippen LogP contribution in [0.1, 0.15) is 11.1 Å². The van der Waals surface area contributed by atoms with Crippen LogP contribution in [0.4, 0.5) is 4.79 Å². The summed E-state index contributed by atoms with van der Waals surface area (Å²) < 4.78 is 0. The van der Waals surface area contributed by atoms with Crippen molar-refractivity contribution in [1.29, 1.82) is 0 Å². The topological polar surface area (TPSA) is 73.7 Å². The Morgan fingerprint density at radius 2 is 1.64 bits per heavy atom. The lowest BCUT2D eigenvalue weighted by Gasteiger charge is -2.30. The number of pyridine rings is 1. The number of amides is 2. The molecule has 2 rings (SSSR count). The van der Waals surface area contributed by atoms with Gasteiger partial charge in [-0.05, 0) is 23.3 Å². The van der Waals surface area contributed by atoms with Gasteiger partial charge in [0.05, 0.1) is 0 Å². The van der Waals surface area contributed by atoms with Crippen LogP contribution in [-0.2, 0) is 17.8 Å². The Hall–Kier alpha value is -2.60. The Labute approximate surface area is 153 Å². The molecule has 1 atom stereocenters. The van der Waals surface area contributed by atoms with Crippen LogP contribution in [-0.4, -0.2) is 52.0 Å². The Morgan fingerprint density at radius 3 is 2.16 bits per heavy atom. The normalized spacial score (nSPS) is 11.1. The number of halogens is 1. The van der Waals surface area contributed by atoms with Crippen molar-refractivity contribution in [3.05, 3.63) is 66.0 Å². The van der Waals surface area contributed by atoms with E-state index in [1.807, 2.05) is 30.3 Å². The van der Waals surface area contributed by atoms with E-state index in [2.05, 4.69) is 4.98 Å². The van der Waals surface area contributed by atoms with Crippen molar-refractivity contribution in [2.45, 2.75) is 19.0 Å². The maximum Gasteiger partial charge on any atom is 0.408 e. The monoisotopic (exact) mass is 363 g/mol. The zero-order valence-electron chi connectivity index (χ0n) is 14.2. The number of rotatable bonds is 6. The Morgan fingerprint density at radius 1 is 1.04 bits per heavy atom. The highest BCUT2D eigenvalue weighted by Gasteiger charge is 2.31. The number of nitrogens with zero attached hydrogens (tertiary/aromatic N) is 3. The third-order valence-corrected chi connectivity index (χ3v) is 3.72. The molecule has 1 heterocycles. The van der Waals surface area contributed by atoms with Gasteiger partial charge in [-0.2, -0.15) is 0 Å². The molecule has 2 aromatic rings. The van der Waals surface area contributed by atoms with E-state index in [1.54, 1.807) is 38.6 Å². The van der Waals surface area contributed by atoms with Crippen molar-refractivity contribution in [2.75, 3.05) is 14.1 Å². The van der Waals surface area contributed by atoms with Gasteiger partial charge in [0.2, 0.25) is 5.91 Å². The van der Waals surface area contributed by atoms with E-state index in [4.69, 9.17) is 0 Å². The number of carbonyl (C=O) groups excluding carboxylic acids is 1. The predicted molar refractivity (Wildman–Crippen MR) is 97.7 cm³/mol. The lowest BCUT2D eigenvalue weighted by Crippen LogP contribution is -2.49. The van der Waals surface area contributed by atoms with Crippen LogP contribution in [0, 0.1) is 0 Å². The minimum atomic E-state index is -1.12. The summed E-state index contributed by atoms with van der Waals surface area (Å²) in [5.41, 5.74) is 1.70.